The van der Waals surface area contributed by atoms with Crippen molar-refractivity contribution in [1.82, 2.24) is 15.1 Å². The van der Waals surface area contributed by atoms with E-state index in [0.717, 1.165) is 30.2 Å². The first-order valence-electron chi connectivity index (χ1n) is 7.69. The largest absolute Gasteiger partial charge is 0.316 e. The molecule has 1 aromatic rings. The van der Waals surface area contributed by atoms with Crippen LogP contribution in [0.2, 0.25) is 5.02 Å². The van der Waals surface area contributed by atoms with E-state index in [1.165, 1.54) is 12.1 Å². The van der Waals surface area contributed by atoms with Crippen molar-refractivity contribution in [3.8, 4) is 0 Å². The molecule has 0 aromatic carbocycles. The lowest BCUT2D eigenvalue weighted by Crippen LogP contribution is -2.29. The first-order valence-corrected chi connectivity index (χ1v) is 8.07. The third-order valence-corrected chi connectivity index (χ3v) is 4.03. The van der Waals surface area contributed by atoms with Crippen LogP contribution in [0.25, 0.3) is 0 Å². The summed E-state index contributed by atoms with van der Waals surface area (Å²) in [6, 6.07) is 0. The molecule has 0 fully saturated rings. The summed E-state index contributed by atoms with van der Waals surface area (Å²) in [4.78, 5) is 0. The Hall–Kier alpha value is -0.540. The molecule has 0 spiro atoms. The lowest BCUT2D eigenvalue weighted by Gasteiger charge is -2.20. The molecule has 1 rings (SSSR count). The van der Waals surface area contributed by atoms with Crippen molar-refractivity contribution >= 4 is 11.6 Å². The number of hydrogen-bond donors (Lipinski definition) is 1. The van der Waals surface area contributed by atoms with Gasteiger partial charge >= 0.3 is 0 Å². The van der Waals surface area contributed by atoms with E-state index in [1.807, 2.05) is 18.7 Å². The Morgan fingerprint density at radius 3 is 2.25 bits per heavy atom. The average Bonchev–Trinajstić information content (AvgIpc) is 2.54. The summed E-state index contributed by atoms with van der Waals surface area (Å²) in [5.41, 5.74) is 2.10. The normalized spacial score (nSPS) is 13.4. The van der Waals surface area contributed by atoms with E-state index in [-0.39, 0.29) is 0 Å². The molecule has 0 saturated carbocycles. The van der Waals surface area contributed by atoms with Gasteiger partial charge in [0.2, 0.25) is 0 Å². The number of nitrogens with one attached hydrogen (secondary N) is 1. The number of nitrogens with zero attached hydrogens (tertiary/aromatic N) is 2. The summed E-state index contributed by atoms with van der Waals surface area (Å²) in [5.74, 6) is 2.01. The van der Waals surface area contributed by atoms with Crippen molar-refractivity contribution in [2.24, 2.45) is 24.8 Å². The van der Waals surface area contributed by atoms with Crippen LogP contribution in [0.1, 0.15) is 45.5 Å². The molecule has 1 aromatic heterocycles. The van der Waals surface area contributed by atoms with Crippen LogP contribution >= 0.6 is 11.6 Å². The fraction of sp³-hybridized carbons (Fsp3) is 0.812. The van der Waals surface area contributed by atoms with Gasteiger partial charge in [-0.15, -0.1) is 0 Å². The first-order chi connectivity index (χ1) is 9.31. The molecule has 1 heterocycles. The Labute approximate surface area is 129 Å². The molecule has 0 radical (unpaired) electrons. The average molecular weight is 300 g/mol. The van der Waals surface area contributed by atoms with E-state index >= 15 is 0 Å². The second-order valence-electron chi connectivity index (χ2n) is 6.72. The van der Waals surface area contributed by atoms with Crippen molar-refractivity contribution in [3.05, 3.63) is 16.4 Å². The Balaban J connectivity index is 2.68. The minimum absolute atomic E-state index is 0.612. The fourth-order valence-electron chi connectivity index (χ4n) is 2.66. The molecule has 116 valence electrons. The van der Waals surface area contributed by atoms with Crippen LogP contribution in [0.5, 0.6) is 0 Å². The molecule has 0 aliphatic rings. The minimum atomic E-state index is 0.612. The maximum absolute atomic E-state index is 6.38. The number of hydrogen-bond acceptors (Lipinski definition) is 2. The molecule has 0 aliphatic heterocycles. The number of rotatable bonds is 8. The van der Waals surface area contributed by atoms with Gasteiger partial charge in [0, 0.05) is 7.05 Å². The highest BCUT2D eigenvalue weighted by Gasteiger charge is 2.18. The summed E-state index contributed by atoms with van der Waals surface area (Å²) in [6.45, 7) is 13.2. The summed E-state index contributed by atoms with van der Waals surface area (Å²) in [6.07, 6.45) is 2.21. The lowest BCUT2D eigenvalue weighted by atomic mass is 9.92. The number of aromatic nitrogens is 2. The third-order valence-electron chi connectivity index (χ3n) is 3.53. The van der Waals surface area contributed by atoms with Gasteiger partial charge in [0.05, 0.1) is 16.4 Å². The Kier molecular flexibility index (Phi) is 7.04. The van der Waals surface area contributed by atoms with E-state index in [4.69, 9.17) is 11.6 Å². The van der Waals surface area contributed by atoms with Gasteiger partial charge in [-0.2, -0.15) is 5.10 Å². The fourth-order valence-corrected chi connectivity index (χ4v) is 2.89. The second kappa shape index (κ2) is 8.04. The standard InChI is InChI=1S/C16H30ClN3/c1-11(2)7-14(10-18-9-12(3)4)8-15-16(17)13(5)19-20(15)6/h11-12,14,18H,7-10H2,1-6H3. The second-order valence-corrected chi connectivity index (χ2v) is 7.10. The van der Waals surface area contributed by atoms with Crippen LogP contribution in [0, 0.1) is 24.7 Å². The van der Waals surface area contributed by atoms with Gasteiger partial charge in [0.25, 0.3) is 0 Å². The van der Waals surface area contributed by atoms with Crippen LogP contribution in [-0.4, -0.2) is 22.9 Å². The summed E-state index contributed by atoms with van der Waals surface area (Å²) < 4.78 is 1.94. The van der Waals surface area contributed by atoms with Crippen LogP contribution < -0.4 is 5.32 Å². The maximum atomic E-state index is 6.38. The summed E-state index contributed by atoms with van der Waals surface area (Å²) in [7, 11) is 1.99. The van der Waals surface area contributed by atoms with Crippen molar-refractivity contribution in [3.63, 3.8) is 0 Å². The predicted octanol–water partition coefficient (Wildman–Crippen LogP) is 3.83. The van der Waals surface area contributed by atoms with E-state index in [9.17, 15) is 0 Å². The van der Waals surface area contributed by atoms with Crippen LogP contribution in [0.4, 0.5) is 0 Å². The molecular formula is C16H30ClN3. The summed E-state index contributed by atoms with van der Waals surface area (Å²) in [5, 5.41) is 8.84. The molecule has 20 heavy (non-hydrogen) atoms. The van der Waals surface area contributed by atoms with Gasteiger partial charge in [0.1, 0.15) is 0 Å². The predicted molar refractivity (Wildman–Crippen MR) is 87.3 cm³/mol. The van der Waals surface area contributed by atoms with Gasteiger partial charge in [-0.25, -0.2) is 0 Å². The molecule has 1 atom stereocenters. The van der Waals surface area contributed by atoms with Crippen molar-refractivity contribution < 1.29 is 0 Å². The number of halogens is 1. The third kappa shape index (κ3) is 5.45. The van der Waals surface area contributed by atoms with Gasteiger partial charge < -0.3 is 5.32 Å². The summed E-state index contributed by atoms with van der Waals surface area (Å²) >= 11 is 6.38. The van der Waals surface area contributed by atoms with Crippen LogP contribution in [-0.2, 0) is 13.5 Å². The monoisotopic (exact) mass is 299 g/mol. The zero-order chi connectivity index (χ0) is 15.3. The van der Waals surface area contributed by atoms with E-state index < -0.39 is 0 Å². The van der Waals surface area contributed by atoms with E-state index in [1.54, 1.807) is 0 Å². The highest BCUT2D eigenvalue weighted by atomic mass is 35.5. The van der Waals surface area contributed by atoms with E-state index in [0.29, 0.717) is 17.8 Å². The topological polar surface area (TPSA) is 29.9 Å². The Morgan fingerprint density at radius 1 is 1.15 bits per heavy atom. The molecule has 0 aliphatic carbocycles. The SMILES string of the molecule is Cc1nn(C)c(CC(CNCC(C)C)CC(C)C)c1Cl. The highest BCUT2D eigenvalue weighted by molar-refractivity contribution is 6.31. The van der Waals surface area contributed by atoms with Crippen molar-refractivity contribution in [1.29, 1.82) is 0 Å². The number of aryl methyl sites for hydroxylation is 2. The molecule has 0 amide bonds. The Morgan fingerprint density at radius 2 is 1.80 bits per heavy atom. The van der Waals surface area contributed by atoms with Gasteiger partial charge in [-0.1, -0.05) is 39.3 Å². The molecule has 0 saturated heterocycles. The minimum Gasteiger partial charge on any atom is -0.316 e. The van der Waals surface area contributed by atoms with Crippen LogP contribution in [0.15, 0.2) is 0 Å². The smallest absolute Gasteiger partial charge is 0.0847 e. The molecule has 0 bridgehead atoms. The first kappa shape index (κ1) is 17.5. The van der Waals surface area contributed by atoms with Gasteiger partial charge in [-0.3, -0.25) is 4.68 Å². The molecule has 3 nitrogen and oxygen atoms in total. The van der Waals surface area contributed by atoms with Gasteiger partial charge in [-0.05, 0) is 50.6 Å². The maximum Gasteiger partial charge on any atom is 0.0847 e. The molecule has 4 heteroatoms. The van der Waals surface area contributed by atoms with Crippen molar-refractivity contribution in [2.75, 3.05) is 13.1 Å². The zero-order valence-corrected chi connectivity index (χ0v) is 14.6. The van der Waals surface area contributed by atoms with Gasteiger partial charge in [0.15, 0.2) is 0 Å². The Bertz CT molecular complexity index is 410. The quantitative estimate of drug-likeness (QED) is 0.790. The molecular weight excluding hydrogens is 270 g/mol. The molecule has 1 N–H and O–H groups in total. The molecule has 1 unspecified atom stereocenters. The van der Waals surface area contributed by atoms with Crippen LogP contribution in [0.3, 0.4) is 0 Å². The van der Waals surface area contributed by atoms with Crippen molar-refractivity contribution in [2.45, 2.75) is 47.5 Å². The zero-order valence-electron chi connectivity index (χ0n) is 13.8. The lowest BCUT2D eigenvalue weighted by molar-refractivity contribution is 0.370. The highest BCUT2D eigenvalue weighted by Crippen LogP contribution is 2.24. The van der Waals surface area contributed by atoms with E-state index in [2.05, 4.69) is 38.1 Å².